The number of amides is 1. The smallest absolute Gasteiger partial charge is 0.410 e. The third kappa shape index (κ3) is 6.52. The zero-order valence-corrected chi connectivity index (χ0v) is 33.8. The van der Waals surface area contributed by atoms with E-state index in [1.54, 1.807) is 22.7 Å². The molecule has 2 bridgehead atoms. The maximum atomic E-state index is 17.7. The lowest BCUT2D eigenvalue weighted by Crippen LogP contribution is -2.57. The first-order valence-corrected chi connectivity index (χ1v) is 20.5. The fourth-order valence-electron chi connectivity index (χ4n) is 9.96. The van der Waals surface area contributed by atoms with E-state index >= 15 is 8.78 Å². The summed E-state index contributed by atoms with van der Waals surface area (Å²) in [6.45, 7) is 9.72. The Bertz CT molecular complexity index is 2230. The van der Waals surface area contributed by atoms with Crippen LogP contribution in [0.4, 0.5) is 23.8 Å². The van der Waals surface area contributed by atoms with E-state index in [4.69, 9.17) is 35.5 Å². The monoisotopic (exact) mass is 811 g/mol. The van der Waals surface area contributed by atoms with E-state index in [-0.39, 0.29) is 64.0 Å². The largest absolute Gasteiger partial charge is 0.493 e. The number of nitrogens with zero attached hydrogens (tertiary/aromatic N) is 7. The molecule has 4 aromatic rings. The second-order valence-corrected chi connectivity index (χ2v) is 17.7. The molecule has 306 valence electrons. The molecule has 0 saturated carbocycles. The predicted octanol–water partition coefficient (Wildman–Crippen LogP) is 8.14. The van der Waals surface area contributed by atoms with Crippen molar-refractivity contribution in [2.24, 2.45) is 0 Å². The average Bonchev–Trinajstić information content (AvgIpc) is 3.91. The van der Waals surface area contributed by atoms with Crippen LogP contribution in [0.15, 0.2) is 12.3 Å². The zero-order chi connectivity index (χ0) is 40.0. The predicted molar refractivity (Wildman–Crippen MR) is 209 cm³/mol. The molecule has 1 amide bonds. The molecule has 2 aromatic heterocycles. The quantitative estimate of drug-likeness (QED) is 0.182. The molecule has 0 spiro atoms. The molecule has 57 heavy (non-hydrogen) atoms. The number of aryl methyl sites for hydroxylation is 1. The van der Waals surface area contributed by atoms with Crippen molar-refractivity contribution in [3.05, 3.63) is 34.5 Å². The Labute approximate surface area is 334 Å². The highest BCUT2D eigenvalue weighted by molar-refractivity contribution is 6.36. The molecule has 2 aromatic carbocycles. The summed E-state index contributed by atoms with van der Waals surface area (Å²) in [6.07, 6.45) is 5.97. The van der Waals surface area contributed by atoms with Gasteiger partial charge in [-0.25, -0.2) is 22.6 Å². The topological polar surface area (TPSA) is 107 Å². The van der Waals surface area contributed by atoms with Crippen LogP contribution < -0.4 is 14.4 Å². The highest BCUT2D eigenvalue weighted by Crippen LogP contribution is 2.49. The van der Waals surface area contributed by atoms with Crippen LogP contribution >= 0.6 is 11.6 Å². The summed E-state index contributed by atoms with van der Waals surface area (Å²) in [7, 11) is 1.32. The molecule has 5 atom stereocenters. The fourth-order valence-corrected chi connectivity index (χ4v) is 10.2. The normalized spacial score (nSPS) is 26.5. The third-order valence-corrected chi connectivity index (χ3v) is 13.0. The summed E-state index contributed by atoms with van der Waals surface area (Å²) in [5.74, 6) is -1.97. The van der Waals surface area contributed by atoms with Crippen LogP contribution in [-0.2, 0) is 9.47 Å². The molecule has 0 radical (unpaired) electrons. The zero-order valence-electron chi connectivity index (χ0n) is 33.0. The summed E-state index contributed by atoms with van der Waals surface area (Å²) < 4.78 is 75.5. The number of hydrogen-bond donors (Lipinski definition) is 0. The fraction of sp³-hybridized carbons (Fsp3) is 0.610. The van der Waals surface area contributed by atoms with Crippen LogP contribution in [0.2, 0.25) is 5.02 Å². The number of benzene rings is 2. The minimum Gasteiger partial charge on any atom is -0.493 e. The number of carbonyl (C=O) groups is 1. The number of alkyl halides is 1. The van der Waals surface area contributed by atoms with Gasteiger partial charge in [0.15, 0.2) is 23.6 Å². The number of hydrogen-bond acceptors (Lipinski definition) is 10. The lowest BCUT2D eigenvalue weighted by molar-refractivity contribution is -0.0366. The second-order valence-electron chi connectivity index (χ2n) is 17.4. The Morgan fingerprint density at radius 3 is 2.53 bits per heavy atom. The van der Waals surface area contributed by atoms with E-state index < -0.39 is 40.6 Å². The highest BCUT2D eigenvalue weighted by Gasteiger charge is 2.50. The van der Waals surface area contributed by atoms with E-state index in [9.17, 15) is 9.18 Å². The lowest BCUT2D eigenvalue weighted by atomic mass is 9.95. The van der Waals surface area contributed by atoms with Crippen molar-refractivity contribution in [2.45, 2.75) is 115 Å². The molecular formula is C41H49ClF3N7O5. The Morgan fingerprint density at radius 2 is 1.82 bits per heavy atom. The van der Waals surface area contributed by atoms with Crippen molar-refractivity contribution in [3.63, 3.8) is 0 Å². The van der Waals surface area contributed by atoms with Gasteiger partial charge >= 0.3 is 12.1 Å². The summed E-state index contributed by atoms with van der Waals surface area (Å²) >= 11 is 6.99. The van der Waals surface area contributed by atoms with Crippen LogP contribution in [-0.4, -0.2) is 112 Å². The number of carbonyl (C=O) groups excluding carboxylic acids is 1. The summed E-state index contributed by atoms with van der Waals surface area (Å²) in [5, 5.41) is 5.27. The molecule has 3 unspecified atom stereocenters. The van der Waals surface area contributed by atoms with Crippen LogP contribution in [0.3, 0.4) is 0 Å². The maximum Gasteiger partial charge on any atom is 0.410 e. The molecule has 0 N–H and O–H groups in total. The molecule has 5 aliphatic rings. The van der Waals surface area contributed by atoms with Crippen molar-refractivity contribution in [3.8, 4) is 22.9 Å². The average molecular weight is 812 g/mol. The van der Waals surface area contributed by atoms with Gasteiger partial charge < -0.3 is 23.8 Å². The number of methoxy groups -OCH3 is 1. The second kappa shape index (κ2) is 14.3. The molecule has 5 saturated heterocycles. The number of ether oxygens (including phenoxy) is 4. The van der Waals surface area contributed by atoms with Crippen molar-refractivity contribution >= 4 is 45.3 Å². The molecule has 5 aliphatic heterocycles. The van der Waals surface area contributed by atoms with Crippen LogP contribution in [0.25, 0.3) is 32.9 Å². The van der Waals surface area contributed by atoms with E-state index in [2.05, 4.69) is 15.0 Å². The number of rotatable bonds is 7. The van der Waals surface area contributed by atoms with Gasteiger partial charge in [-0.3, -0.25) is 9.80 Å². The van der Waals surface area contributed by atoms with Crippen molar-refractivity contribution in [1.82, 2.24) is 29.5 Å². The summed E-state index contributed by atoms with van der Waals surface area (Å²) in [6, 6.07) is 1.27. The van der Waals surface area contributed by atoms with Crippen molar-refractivity contribution in [1.29, 1.82) is 0 Å². The van der Waals surface area contributed by atoms with Crippen molar-refractivity contribution in [2.75, 3.05) is 51.4 Å². The van der Waals surface area contributed by atoms with E-state index in [1.165, 1.54) is 7.11 Å². The van der Waals surface area contributed by atoms with Crippen LogP contribution in [0, 0.1) is 18.6 Å². The number of fused-ring (bicyclic) bond motifs is 5. The molecule has 0 aliphatic carbocycles. The van der Waals surface area contributed by atoms with Crippen LogP contribution in [0.1, 0.15) is 83.9 Å². The molecule has 7 heterocycles. The molecule has 9 rings (SSSR count). The standard InChI is InChI=1S/C41H49ClF3N7O5/c1-22-15-27-26(17-46-52(27)28-9-6-7-14-55-28)29(32(22)42)30-33(44)35-31(36(54-5)34(30)45)37(48-38(47-35)56-21-41-12-8-13-50(41)18-23(43)16-41)49-19-24-10-11-25(20-49)51(24)39(53)57-40(2,3)4/h15,17,23-25,28H,6-14,16,18-21H2,1-5H3/t23-,24?,25?,28?,41+/m1/s1. The van der Waals surface area contributed by atoms with Gasteiger partial charge in [0.25, 0.3) is 0 Å². The minimum absolute atomic E-state index is 0.0328. The van der Waals surface area contributed by atoms with Gasteiger partial charge in [-0.05, 0) is 90.8 Å². The summed E-state index contributed by atoms with van der Waals surface area (Å²) in [4.78, 5) is 28.7. The van der Waals surface area contributed by atoms with Gasteiger partial charge in [0.1, 0.15) is 29.7 Å². The minimum atomic E-state index is -0.976. The van der Waals surface area contributed by atoms with Gasteiger partial charge in [-0.15, -0.1) is 0 Å². The first-order chi connectivity index (χ1) is 27.3. The Hall–Kier alpha value is -4.08. The van der Waals surface area contributed by atoms with Gasteiger partial charge in [-0.1, -0.05) is 11.6 Å². The molecule has 5 fully saturated rings. The Morgan fingerprint density at radius 1 is 1.05 bits per heavy atom. The van der Waals surface area contributed by atoms with Gasteiger partial charge in [0.2, 0.25) is 0 Å². The summed E-state index contributed by atoms with van der Waals surface area (Å²) in [5.41, 5.74) is -0.473. The number of anilines is 1. The molecule has 12 nitrogen and oxygen atoms in total. The Kier molecular flexibility index (Phi) is 9.66. The lowest BCUT2D eigenvalue weighted by Gasteiger charge is -2.42. The first-order valence-electron chi connectivity index (χ1n) is 20.1. The third-order valence-electron chi connectivity index (χ3n) is 12.5. The number of aromatic nitrogens is 4. The van der Waals surface area contributed by atoms with E-state index in [0.717, 1.165) is 51.5 Å². The first kappa shape index (κ1) is 38.4. The van der Waals surface area contributed by atoms with Crippen molar-refractivity contribution < 1.29 is 36.9 Å². The van der Waals surface area contributed by atoms with E-state index in [0.29, 0.717) is 49.1 Å². The van der Waals surface area contributed by atoms with Gasteiger partial charge in [0, 0.05) is 43.6 Å². The molecular weight excluding hydrogens is 763 g/mol. The number of halogens is 4. The maximum absolute atomic E-state index is 17.7. The van der Waals surface area contributed by atoms with Gasteiger partial charge in [-0.2, -0.15) is 15.1 Å². The van der Waals surface area contributed by atoms with Gasteiger partial charge in [0.05, 0.1) is 52.4 Å². The molecule has 16 heteroatoms. The highest BCUT2D eigenvalue weighted by atomic mass is 35.5. The van der Waals surface area contributed by atoms with Crippen LogP contribution in [0.5, 0.6) is 11.8 Å². The van der Waals surface area contributed by atoms with E-state index in [1.807, 2.05) is 31.7 Å². The SMILES string of the molecule is COc1c(F)c(-c2c(Cl)c(C)cc3c2cnn3C2CCCCO2)c(F)c2nc(OC[C@@]34CCCN3C[C@H](F)C4)nc(N3CC4CCC(C3)N4C(=O)OC(C)(C)C)c12. The number of piperazine rings is 1. The Balaban J connectivity index is 1.19.